The number of rotatable bonds is 21. The van der Waals surface area contributed by atoms with Crippen LogP contribution in [-0.4, -0.2) is 122 Å². The molecule has 13 N–H and O–H groups in total. The van der Waals surface area contributed by atoms with Crippen LogP contribution in [0.5, 0.6) is 0 Å². The SMILES string of the molecule is CC(=O)N1CCC[C@H]1C(=O)N[C@@H](Cc1cnc[nH]1)C(=O)N[C@@H](CCCN=C(N)N)C(=O)N[C@@H](CCC(=O)O)C(=O)N[C@@H](CCC(N)=O)C(=O)O. The van der Waals surface area contributed by atoms with Crippen molar-refractivity contribution in [2.24, 2.45) is 22.2 Å². The van der Waals surface area contributed by atoms with Crippen LogP contribution in [-0.2, 0) is 44.8 Å². The lowest BCUT2D eigenvalue weighted by Gasteiger charge is -2.27. The molecule has 50 heavy (non-hydrogen) atoms. The number of aromatic amines is 1. The standard InChI is InChI=1S/C29H45N11O10/c1-15(41)40-11-3-5-21(40)27(48)39-20(12-16-13-33-14-35-16)26(47)36-17(4-2-10-34-29(31)32)24(45)37-18(7-9-23(43)44)25(46)38-19(28(49)50)6-8-22(30)42/h13-14,17-21H,2-12H2,1H3,(H2,30,42)(H,33,35)(H,36,47)(H,37,45)(H,38,46)(H,39,48)(H,43,44)(H,49,50)(H4,31,32,34)/t17-,18-,19-,20-,21-/m0/s1. The van der Waals surface area contributed by atoms with Crippen molar-refractivity contribution in [2.75, 3.05) is 13.1 Å². The minimum absolute atomic E-state index is 0.0436. The van der Waals surface area contributed by atoms with Gasteiger partial charge in [-0.05, 0) is 38.5 Å². The third kappa shape index (κ3) is 13.8. The van der Waals surface area contributed by atoms with Crippen molar-refractivity contribution in [2.45, 2.75) is 94.9 Å². The van der Waals surface area contributed by atoms with Gasteiger partial charge in [-0.2, -0.15) is 0 Å². The lowest BCUT2D eigenvalue weighted by molar-refractivity contribution is -0.143. The molecule has 1 aromatic rings. The Morgan fingerprint density at radius 2 is 1.50 bits per heavy atom. The summed E-state index contributed by atoms with van der Waals surface area (Å²) in [7, 11) is 0. The van der Waals surface area contributed by atoms with Gasteiger partial charge in [-0.3, -0.25) is 38.6 Å². The highest BCUT2D eigenvalue weighted by atomic mass is 16.4. The van der Waals surface area contributed by atoms with Crippen LogP contribution in [0.3, 0.4) is 0 Å². The number of amides is 6. The maximum absolute atomic E-state index is 13.7. The van der Waals surface area contributed by atoms with E-state index in [4.69, 9.17) is 17.2 Å². The van der Waals surface area contributed by atoms with Gasteiger partial charge in [0.25, 0.3) is 0 Å². The average Bonchev–Trinajstić information content (AvgIpc) is 3.74. The number of hydrogen-bond acceptors (Lipinski definition) is 10. The van der Waals surface area contributed by atoms with E-state index in [-0.39, 0.29) is 50.5 Å². The van der Waals surface area contributed by atoms with E-state index < -0.39 is 84.5 Å². The highest BCUT2D eigenvalue weighted by Gasteiger charge is 2.36. The normalized spacial score (nSPS) is 16.2. The number of likely N-dealkylation sites (tertiary alicyclic amines) is 1. The van der Waals surface area contributed by atoms with E-state index in [1.54, 1.807) is 0 Å². The van der Waals surface area contributed by atoms with Gasteiger partial charge in [0.05, 0.1) is 6.33 Å². The molecule has 1 fully saturated rings. The first-order valence-corrected chi connectivity index (χ1v) is 15.8. The van der Waals surface area contributed by atoms with E-state index in [9.17, 15) is 48.6 Å². The molecule has 5 atom stereocenters. The highest BCUT2D eigenvalue weighted by Crippen LogP contribution is 2.18. The molecule has 276 valence electrons. The van der Waals surface area contributed by atoms with Gasteiger partial charge in [0.15, 0.2) is 5.96 Å². The van der Waals surface area contributed by atoms with Crippen LogP contribution in [0.1, 0.15) is 64.0 Å². The first-order valence-electron chi connectivity index (χ1n) is 15.8. The predicted octanol–water partition coefficient (Wildman–Crippen LogP) is -3.83. The number of primary amides is 1. The summed E-state index contributed by atoms with van der Waals surface area (Å²) in [5.41, 5.74) is 16.3. The Bertz CT molecular complexity index is 1410. The molecule has 1 aliphatic rings. The van der Waals surface area contributed by atoms with Gasteiger partial charge >= 0.3 is 11.9 Å². The van der Waals surface area contributed by atoms with Gasteiger partial charge in [-0.25, -0.2) is 9.78 Å². The van der Waals surface area contributed by atoms with Crippen molar-refractivity contribution in [3.63, 3.8) is 0 Å². The lowest BCUT2D eigenvalue weighted by atomic mass is 10.0. The van der Waals surface area contributed by atoms with Crippen molar-refractivity contribution in [1.29, 1.82) is 0 Å². The Morgan fingerprint density at radius 1 is 0.900 bits per heavy atom. The molecule has 21 heteroatoms. The molecule has 0 aromatic carbocycles. The Hall–Kier alpha value is -5.76. The summed E-state index contributed by atoms with van der Waals surface area (Å²) in [6.07, 6.45) is 1.92. The van der Waals surface area contributed by atoms with Gasteiger partial charge in [0.1, 0.15) is 30.2 Å². The van der Waals surface area contributed by atoms with E-state index in [1.807, 2.05) is 0 Å². The summed E-state index contributed by atoms with van der Waals surface area (Å²) in [6.45, 7) is 1.75. The van der Waals surface area contributed by atoms with Gasteiger partial charge < -0.3 is 58.6 Å². The average molecular weight is 708 g/mol. The Morgan fingerprint density at radius 3 is 2.04 bits per heavy atom. The van der Waals surface area contributed by atoms with Crippen LogP contribution in [0.15, 0.2) is 17.5 Å². The van der Waals surface area contributed by atoms with E-state index in [2.05, 4.69) is 36.2 Å². The quantitative estimate of drug-likeness (QED) is 0.0333. The maximum Gasteiger partial charge on any atom is 0.326 e. The number of aromatic nitrogens is 2. The molecule has 0 spiro atoms. The van der Waals surface area contributed by atoms with Crippen molar-refractivity contribution < 1.29 is 48.6 Å². The Labute approximate surface area is 286 Å². The summed E-state index contributed by atoms with van der Waals surface area (Å²) in [5, 5.41) is 28.5. The third-order valence-corrected chi connectivity index (χ3v) is 7.72. The van der Waals surface area contributed by atoms with Crippen LogP contribution in [0, 0.1) is 0 Å². The van der Waals surface area contributed by atoms with Crippen molar-refractivity contribution >= 4 is 53.3 Å². The molecule has 21 nitrogen and oxygen atoms in total. The molecule has 6 amide bonds. The number of nitrogens with two attached hydrogens (primary N) is 3. The van der Waals surface area contributed by atoms with Gasteiger partial charge in [0.2, 0.25) is 35.4 Å². The summed E-state index contributed by atoms with van der Waals surface area (Å²) in [6, 6.07) is -6.62. The number of imidazole rings is 1. The second-order valence-electron chi connectivity index (χ2n) is 11.6. The zero-order valence-corrected chi connectivity index (χ0v) is 27.6. The van der Waals surface area contributed by atoms with Crippen LogP contribution in [0.25, 0.3) is 0 Å². The number of H-pyrrole nitrogens is 1. The zero-order valence-electron chi connectivity index (χ0n) is 27.6. The molecule has 0 saturated carbocycles. The number of carboxylic acid groups (broad SMARTS) is 2. The summed E-state index contributed by atoms with van der Waals surface area (Å²) in [4.78, 5) is 112. The van der Waals surface area contributed by atoms with E-state index >= 15 is 0 Å². The van der Waals surface area contributed by atoms with Crippen LogP contribution >= 0.6 is 0 Å². The van der Waals surface area contributed by atoms with Gasteiger partial charge in [-0.1, -0.05) is 0 Å². The van der Waals surface area contributed by atoms with Crippen molar-refractivity contribution in [3.8, 4) is 0 Å². The summed E-state index contributed by atoms with van der Waals surface area (Å²) >= 11 is 0. The Balaban J connectivity index is 2.33. The first kappa shape index (κ1) is 40.4. The summed E-state index contributed by atoms with van der Waals surface area (Å²) < 4.78 is 0. The fraction of sp³-hybridized carbons (Fsp3) is 0.586. The molecule has 0 bridgehead atoms. The van der Waals surface area contributed by atoms with Gasteiger partial charge in [-0.15, -0.1) is 0 Å². The molecule has 2 rings (SSSR count). The number of nitrogens with one attached hydrogen (secondary N) is 5. The van der Waals surface area contributed by atoms with Crippen LogP contribution in [0.4, 0.5) is 0 Å². The number of hydrogen-bond donors (Lipinski definition) is 10. The number of guanidine groups is 1. The number of aliphatic imine (C=N–C) groups is 1. The van der Waals surface area contributed by atoms with Crippen LogP contribution < -0.4 is 38.5 Å². The first-order chi connectivity index (χ1) is 23.6. The fourth-order valence-corrected chi connectivity index (χ4v) is 5.18. The third-order valence-electron chi connectivity index (χ3n) is 7.72. The second kappa shape index (κ2) is 19.9. The molecule has 0 aliphatic carbocycles. The van der Waals surface area contributed by atoms with E-state index in [0.717, 1.165) is 0 Å². The van der Waals surface area contributed by atoms with Crippen molar-refractivity contribution in [3.05, 3.63) is 18.2 Å². The number of carbonyl (C=O) groups excluding carboxylic acids is 6. The highest BCUT2D eigenvalue weighted by molar-refractivity contribution is 5.96. The maximum atomic E-state index is 13.7. The number of nitrogens with zero attached hydrogens (tertiary/aromatic N) is 3. The predicted molar refractivity (Wildman–Crippen MR) is 173 cm³/mol. The number of carboxylic acids is 2. The lowest BCUT2D eigenvalue weighted by Crippen LogP contribution is -2.59. The van der Waals surface area contributed by atoms with E-state index in [0.29, 0.717) is 25.1 Å². The largest absolute Gasteiger partial charge is 0.481 e. The summed E-state index contributed by atoms with van der Waals surface area (Å²) in [5.74, 6) is -7.56. The number of aliphatic carboxylic acids is 2. The molecular formula is C29H45N11O10. The molecule has 0 radical (unpaired) electrons. The Kier molecular flexibility index (Phi) is 16.1. The van der Waals surface area contributed by atoms with Gasteiger partial charge in [0, 0.05) is 51.2 Å². The topological polar surface area (TPSA) is 347 Å². The molecular weight excluding hydrogens is 662 g/mol. The minimum Gasteiger partial charge on any atom is -0.481 e. The molecule has 2 heterocycles. The monoisotopic (exact) mass is 707 g/mol. The number of carbonyl (C=O) groups is 8. The van der Waals surface area contributed by atoms with E-state index in [1.165, 1.54) is 24.3 Å². The van der Waals surface area contributed by atoms with Crippen molar-refractivity contribution in [1.82, 2.24) is 36.1 Å². The zero-order chi connectivity index (χ0) is 37.4. The molecule has 1 aliphatic heterocycles. The minimum atomic E-state index is -1.58. The smallest absolute Gasteiger partial charge is 0.326 e. The molecule has 0 unspecified atom stereocenters. The van der Waals surface area contributed by atoms with Crippen LogP contribution in [0.2, 0.25) is 0 Å². The second-order valence-corrected chi connectivity index (χ2v) is 11.6. The molecule has 1 aromatic heterocycles. The fourth-order valence-electron chi connectivity index (χ4n) is 5.18. The molecule has 1 saturated heterocycles.